The van der Waals surface area contributed by atoms with Gasteiger partial charge in [-0.1, -0.05) is 35.0 Å². The van der Waals surface area contributed by atoms with Crippen LogP contribution in [0.1, 0.15) is 19.8 Å². The lowest BCUT2D eigenvalue weighted by atomic mass is 10.2. The Bertz CT molecular complexity index is 918. The smallest absolute Gasteiger partial charge is 0.238 e. The fourth-order valence-electron chi connectivity index (χ4n) is 3.45. The number of ether oxygens (including phenoxy) is 2. The van der Waals surface area contributed by atoms with Crippen LogP contribution in [-0.4, -0.2) is 69.9 Å². The minimum absolute atomic E-state index is 0.122. The average molecular weight is 487 g/mol. The van der Waals surface area contributed by atoms with Gasteiger partial charge in [0, 0.05) is 25.9 Å². The van der Waals surface area contributed by atoms with Crippen LogP contribution in [0.4, 0.5) is 11.8 Å². The van der Waals surface area contributed by atoms with Crippen molar-refractivity contribution in [2.24, 2.45) is 0 Å². The molecule has 2 saturated heterocycles. The number of hydrogen-bond acceptors (Lipinski definition) is 8. The molecule has 12 heteroatoms. The third kappa shape index (κ3) is 5.61. The van der Waals surface area contributed by atoms with E-state index in [1.807, 2.05) is 6.92 Å². The Morgan fingerprint density at radius 2 is 2.13 bits per heavy atom. The third-order valence-electron chi connectivity index (χ3n) is 5.10. The van der Waals surface area contributed by atoms with Gasteiger partial charge in [-0.05, 0) is 25.8 Å². The Morgan fingerprint density at radius 1 is 1.32 bits per heavy atom. The molecule has 0 radical (unpaired) electrons. The van der Waals surface area contributed by atoms with Gasteiger partial charge < -0.3 is 19.7 Å². The maximum Gasteiger partial charge on any atom is 0.238 e. The molecule has 2 atom stereocenters. The summed E-state index contributed by atoms with van der Waals surface area (Å²) in [6, 6.07) is 1.54. The summed E-state index contributed by atoms with van der Waals surface area (Å²) >= 11 is 13.3. The van der Waals surface area contributed by atoms with Gasteiger partial charge >= 0.3 is 0 Å². The first-order valence-corrected chi connectivity index (χ1v) is 11.8. The molecule has 9 nitrogen and oxygen atoms in total. The number of amides is 1. The van der Waals surface area contributed by atoms with Crippen molar-refractivity contribution in [2.45, 2.75) is 42.8 Å². The van der Waals surface area contributed by atoms with E-state index in [1.54, 1.807) is 0 Å². The molecule has 31 heavy (non-hydrogen) atoms. The van der Waals surface area contributed by atoms with Gasteiger partial charge in [0.2, 0.25) is 11.9 Å². The topological polar surface area (TPSA) is 94.4 Å². The number of halogens is 2. The summed E-state index contributed by atoms with van der Waals surface area (Å²) < 4.78 is 13.4. The van der Waals surface area contributed by atoms with Crippen LogP contribution in [0.2, 0.25) is 10.0 Å². The van der Waals surface area contributed by atoms with E-state index in [2.05, 4.69) is 30.0 Å². The number of carbonyl (C=O) groups excluding carboxylic acids is 1. The number of nitrogens with zero attached hydrogens (tertiary/aromatic N) is 5. The molecule has 2 unspecified atom stereocenters. The van der Waals surface area contributed by atoms with Gasteiger partial charge in [0.15, 0.2) is 11.0 Å². The van der Waals surface area contributed by atoms with Gasteiger partial charge in [-0.3, -0.25) is 9.36 Å². The zero-order valence-electron chi connectivity index (χ0n) is 17.1. The predicted octanol–water partition coefficient (Wildman–Crippen LogP) is 3.11. The highest BCUT2D eigenvalue weighted by Crippen LogP contribution is 2.29. The molecule has 168 valence electrons. The average Bonchev–Trinajstić information content (AvgIpc) is 3.41. The van der Waals surface area contributed by atoms with Crippen LogP contribution in [0.3, 0.4) is 0 Å². The second-order valence-corrected chi connectivity index (χ2v) is 9.51. The van der Waals surface area contributed by atoms with Crippen LogP contribution in [0.5, 0.6) is 0 Å². The van der Waals surface area contributed by atoms with Crippen molar-refractivity contribution in [2.75, 3.05) is 43.1 Å². The molecule has 4 rings (SSSR count). The molecule has 0 aromatic carbocycles. The Balaban J connectivity index is 1.49. The van der Waals surface area contributed by atoms with Gasteiger partial charge in [0.25, 0.3) is 0 Å². The summed E-state index contributed by atoms with van der Waals surface area (Å²) in [7, 11) is 0. The molecule has 2 aromatic heterocycles. The Kier molecular flexibility index (Phi) is 7.55. The standard InChI is InChI=1S/C19H24Cl2N6O3S/c1-12(17(28)23-16-15(21)9-13(20)10-22-16)31-19-25-24-18(26-4-7-29-8-5-26)27(19)11-14-3-2-6-30-14/h9-10,12,14H,2-8,11H2,1H3,(H,22,23,28). The number of thioether (sulfide) groups is 1. The molecule has 2 fully saturated rings. The van der Waals surface area contributed by atoms with E-state index in [0.29, 0.717) is 29.9 Å². The number of nitrogens with one attached hydrogen (secondary N) is 1. The predicted molar refractivity (Wildman–Crippen MR) is 120 cm³/mol. The summed E-state index contributed by atoms with van der Waals surface area (Å²) in [5.41, 5.74) is 0. The van der Waals surface area contributed by atoms with Crippen molar-refractivity contribution >= 4 is 52.6 Å². The summed E-state index contributed by atoms with van der Waals surface area (Å²) in [6.07, 6.45) is 3.61. The zero-order chi connectivity index (χ0) is 21.8. The summed E-state index contributed by atoms with van der Waals surface area (Å²) in [4.78, 5) is 19.0. The molecule has 2 aliphatic heterocycles. The second kappa shape index (κ2) is 10.4. The van der Waals surface area contributed by atoms with Crippen molar-refractivity contribution in [1.82, 2.24) is 19.7 Å². The van der Waals surface area contributed by atoms with Crippen LogP contribution in [0.25, 0.3) is 0 Å². The minimum atomic E-state index is -0.446. The molecular formula is C19H24Cl2N6O3S. The fraction of sp³-hybridized carbons (Fsp3) is 0.579. The molecule has 2 aliphatic rings. The van der Waals surface area contributed by atoms with Gasteiger partial charge in [-0.25, -0.2) is 4.98 Å². The maximum atomic E-state index is 12.7. The SMILES string of the molecule is CC(Sc1nnc(N2CCOCC2)n1CC1CCCO1)C(=O)Nc1ncc(Cl)cc1Cl. The number of anilines is 2. The number of morpholine rings is 1. The maximum absolute atomic E-state index is 12.7. The van der Waals surface area contributed by atoms with Gasteiger partial charge in [0.05, 0.1) is 41.2 Å². The highest BCUT2D eigenvalue weighted by molar-refractivity contribution is 8.00. The molecule has 1 amide bonds. The quantitative estimate of drug-likeness (QED) is 0.596. The van der Waals surface area contributed by atoms with Crippen LogP contribution in [-0.2, 0) is 20.8 Å². The highest BCUT2D eigenvalue weighted by atomic mass is 35.5. The van der Waals surface area contributed by atoms with Crippen LogP contribution in [0, 0.1) is 0 Å². The molecule has 2 aromatic rings. The first-order chi connectivity index (χ1) is 15.0. The second-order valence-electron chi connectivity index (χ2n) is 7.36. The lowest BCUT2D eigenvalue weighted by Gasteiger charge is -2.28. The number of carbonyl (C=O) groups is 1. The molecule has 4 heterocycles. The Hall–Kier alpha value is -1.59. The molecular weight excluding hydrogens is 463 g/mol. The van der Waals surface area contributed by atoms with Crippen LogP contribution >= 0.6 is 35.0 Å². The summed E-state index contributed by atoms with van der Waals surface area (Å²) in [5.74, 6) is 0.830. The molecule has 1 N–H and O–H groups in total. The lowest BCUT2D eigenvalue weighted by Crippen LogP contribution is -2.38. The molecule has 0 aliphatic carbocycles. The number of pyridine rings is 1. The molecule has 0 saturated carbocycles. The monoisotopic (exact) mass is 486 g/mol. The summed E-state index contributed by atoms with van der Waals surface area (Å²) in [6.45, 7) is 6.06. The fourth-order valence-corrected chi connectivity index (χ4v) is 4.73. The van der Waals surface area contributed by atoms with Crippen LogP contribution in [0.15, 0.2) is 17.4 Å². The highest BCUT2D eigenvalue weighted by Gasteiger charge is 2.27. The molecule has 0 spiro atoms. The summed E-state index contributed by atoms with van der Waals surface area (Å²) in [5, 5.41) is 12.5. The first-order valence-electron chi connectivity index (χ1n) is 10.2. The third-order valence-corrected chi connectivity index (χ3v) is 6.68. The van der Waals surface area contributed by atoms with E-state index >= 15 is 0 Å². The van der Waals surface area contributed by atoms with Crippen molar-refractivity contribution in [3.05, 3.63) is 22.3 Å². The number of hydrogen-bond donors (Lipinski definition) is 1. The van der Waals surface area contributed by atoms with Gasteiger partial charge in [-0.15, -0.1) is 10.2 Å². The molecule has 0 bridgehead atoms. The minimum Gasteiger partial charge on any atom is -0.378 e. The first kappa shape index (κ1) is 22.6. The Morgan fingerprint density at radius 3 is 2.84 bits per heavy atom. The van der Waals surface area contributed by atoms with E-state index in [-0.39, 0.29) is 22.9 Å². The van der Waals surface area contributed by atoms with Crippen molar-refractivity contribution in [1.29, 1.82) is 0 Å². The Labute approximate surface area is 194 Å². The van der Waals surface area contributed by atoms with Crippen molar-refractivity contribution in [3.63, 3.8) is 0 Å². The van der Waals surface area contributed by atoms with Crippen molar-refractivity contribution in [3.8, 4) is 0 Å². The van der Waals surface area contributed by atoms with E-state index < -0.39 is 5.25 Å². The number of rotatable bonds is 7. The van der Waals surface area contributed by atoms with Gasteiger partial charge in [-0.2, -0.15) is 0 Å². The van der Waals surface area contributed by atoms with E-state index in [1.165, 1.54) is 24.0 Å². The van der Waals surface area contributed by atoms with Crippen LogP contribution < -0.4 is 10.2 Å². The largest absolute Gasteiger partial charge is 0.378 e. The van der Waals surface area contributed by atoms with E-state index in [9.17, 15) is 4.79 Å². The van der Waals surface area contributed by atoms with E-state index in [4.69, 9.17) is 32.7 Å². The van der Waals surface area contributed by atoms with E-state index in [0.717, 1.165) is 38.5 Å². The van der Waals surface area contributed by atoms with Gasteiger partial charge in [0.1, 0.15) is 0 Å². The zero-order valence-corrected chi connectivity index (χ0v) is 19.4. The normalized spacial score (nSPS) is 20.1. The van der Waals surface area contributed by atoms with Crippen molar-refractivity contribution < 1.29 is 14.3 Å². The number of aromatic nitrogens is 4. The lowest BCUT2D eigenvalue weighted by molar-refractivity contribution is -0.115.